The first-order valence-electron chi connectivity index (χ1n) is 12.3. The van der Waals surface area contributed by atoms with E-state index in [2.05, 4.69) is 46.1 Å². The number of aromatic nitrogens is 2. The van der Waals surface area contributed by atoms with Crippen LogP contribution in [0.15, 0.2) is 71.9 Å². The molecule has 2 amide bonds. The van der Waals surface area contributed by atoms with Gasteiger partial charge >= 0.3 is 6.09 Å². The van der Waals surface area contributed by atoms with Crippen LogP contribution >= 0.6 is 0 Å². The van der Waals surface area contributed by atoms with Crippen molar-refractivity contribution in [3.63, 3.8) is 0 Å². The molecule has 204 valence electrons. The van der Waals surface area contributed by atoms with E-state index in [1.54, 1.807) is 54.9 Å². The van der Waals surface area contributed by atoms with E-state index in [-0.39, 0.29) is 35.2 Å². The number of pyridine rings is 1. The van der Waals surface area contributed by atoms with E-state index in [9.17, 15) is 18.0 Å². The normalized spacial score (nSPS) is 11.7. The second-order valence-corrected chi connectivity index (χ2v) is 11.7. The summed E-state index contributed by atoms with van der Waals surface area (Å²) in [7, 11) is -3.85. The van der Waals surface area contributed by atoms with Gasteiger partial charge in [0.2, 0.25) is 11.8 Å². The van der Waals surface area contributed by atoms with Crippen LogP contribution < -0.4 is 20.1 Å². The zero-order chi connectivity index (χ0) is 28.2. The molecule has 0 spiro atoms. The lowest BCUT2D eigenvalue weighted by molar-refractivity contribution is -0.118. The van der Waals surface area contributed by atoms with E-state index < -0.39 is 16.1 Å². The van der Waals surface area contributed by atoms with Gasteiger partial charge in [-0.05, 0) is 59.0 Å². The summed E-state index contributed by atoms with van der Waals surface area (Å²) in [6.45, 7) is 8.03. The molecule has 11 heteroatoms. The molecule has 39 heavy (non-hydrogen) atoms. The van der Waals surface area contributed by atoms with Gasteiger partial charge in [0.15, 0.2) is 0 Å². The maximum atomic E-state index is 13.1. The molecule has 0 radical (unpaired) electrons. The lowest BCUT2D eigenvalue weighted by Crippen LogP contribution is -2.35. The zero-order valence-corrected chi connectivity index (χ0v) is 23.0. The molecule has 0 bridgehead atoms. The molecule has 2 aromatic heterocycles. The number of anilines is 1. The Bertz CT molecular complexity index is 1590. The minimum absolute atomic E-state index is 0.0967. The van der Waals surface area contributed by atoms with Crippen molar-refractivity contribution in [3.8, 4) is 17.0 Å². The highest BCUT2D eigenvalue weighted by Gasteiger charge is 2.21. The molecular formula is C28H31N5O5S. The molecule has 10 nitrogen and oxygen atoms in total. The van der Waals surface area contributed by atoms with Gasteiger partial charge in [-0.2, -0.15) is 0 Å². The first-order valence-corrected chi connectivity index (χ1v) is 13.8. The maximum Gasteiger partial charge on any atom is 0.413 e. The Balaban J connectivity index is 1.63. The van der Waals surface area contributed by atoms with E-state index in [1.807, 2.05) is 12.1 Å². The molecule has 0 saturated carbocycles. The fourth-order valence-electron chi connectivity index (χ4n) is 3.99. The van der Waals surface area contributed by atoms with Gasteiger partial charge < -0.3 is 20.4 Å². The molecule has 0 aliphatic heterocycles. The second-order valence-electron chi connectivity index (χ2n) is 10.0. The highest BCUT2D eigenvalue weighted by molar-refractivity contribution is 7.92. The van der Waals surface area contributed by atoms with Gasteiger partial charge in [-0.1, -0.05) is 32.9 Å². The van der Waals surface area contributed by atoms with Crippen LogP contribution in [-0.4, -0.2) is 43.5 Å². The SMILES string of the molecule is CC(=O)NCCNC(=O)Oc1[nH]c2ccc(NS(=O)(=O)c3ccc(C(C)(C)C)cc3)cc2c1-c1ccncc1. The molecule has 0 saturated heterocycles. The first kappa shape index (κ1) is 27.6. The number of fused-ring (bicyclic) bond motifs is 1. The lowest BCUT2D eigenvalue weighted by atomic mass is 9.87. The largest absolute Gasteiger partial charge is 0.413 e. The fourth-order valence-corrected chi connectivity index (χ4v) is 5.04. The van der Waals surface area contributed by atoms with Gasteiger partial charge in [-0.25, -0.2) is 13.2 Å². The highest BCUT2D eigenvalue weighted by atomic mass is 32.2. The molecule has 2 heterocycles. The van der Waals surface area contributed by atoms with Crippen molar-refractivity contribution >= 4 is 38.6 Å². The van der Waals surface area contributed by atoms with Crippen molar-refractivity contribution in [3.05, 3.63) is 72.6 Å². The number of hydrogen-bond donors (Lipinski definition) is 4. The van der Waals surface area contributed by atoms with E-state index >= 15 is 0 Å². The molecule has 4 rings (SSSR count). The topological polar surface area (TPSA) is 142 Å². The van der Waals surface area contributed by atoms with Crippen molar-refractivity contribution in [2.24, 2.45) is 0 Å². The maximum absolute atomic E-state index is 13.1. The third-order valence-electron chi connectivity index (χ3n) is 5.98. The third kappa shape index (κ3) is 6.74. The predicted molar refractivity (Wildman–Crippen MR) is 150 cm³/mol. The van der Waals surface area contributed by atoms with Crippen LogP contribution in [0.3, 0.4) is 0 Å². The smallest absolute Gasteiger partial charge is 0.393 e. The summed E-state index contributed by atoms with van der Waals surface area (Å²) in [6, 6.07) is 15.4. The predicted octanol–water partition coefficient (Wildman–Crippen LogP) is 4.55. The Morgan fingerprint density at radius 2 is 1.62 bits per heavy atom. The summed E-state index contributed by atoms with van der Waals surface area (Å²) in [6.07, 6.45) is 2.51. The average molecular weight is 550 g/mol. The van der Waals surface area contributed by atoms with Crippen LogP contribution in [0.5, 0.6) is 5.88 Å². The number of aromatic amines is 1. The molecule has 2 aromatic carbocycles. The Hall–Kier alpha value is -4.38. The van der Waals surface area contributed by atoms with Crippen molar-refractivity contribution < 1.29 is 22.7 Å². The van der Waals surface area contributed by atoms with Crippen molar-refractivity contribution in [2.45, 2.75) is 38.0 Å². The highest BCUT2D eigenvalue weighted by Crippen LogP contribution is 2.38. The molecule has 4 aromatic rings. The molecule has 0 unspecified atom stereocenters. The van der Waals surface area contributed by atoms with E-state index in [0.29, 0.717) is 22.2 Å². The van der Waals surface area contributed by atoms with Gasteiger partial charge in [-0.3, -0.25) is 14.5 Å². The number of carbonyl (C=O) groups is 2. The minimum atomic E-state index is -3.85. The number of ether oxygens (including phenoxy) is 1. The number of benzene rings is 2. The monoisotopic (exact) mass is 549 g/mol. The quantitative estimate of drug-likeness (QED) is 0.238. The summed E-state index contributed by atoms with van der Waals surface area (Å²) in [4.78, 5) is 30.8. The summed E-state index contributed by atoms with van der Waals surface area (Å²) >= 11 is 0. The third-order valence-corrected chi connectivity index (χ3v) is 7.38. The van der Waals surface area contributed by atoms with E-state index in [4.69, 9.17) is 4.74 Å². The molecule has 0 atom stereocenters. The standard InChI is InChI=1S/C28H31N5O5S/c1-18(34)30-15-16-31-27(35)38-26-25(19-11-13-29-14-12-19)23-17-21(7-10-24(23)32-26)33-39(36,37)22-8-5-20(6-9-22)28(2,3)4/h5-14,17,32-33H,15-16H2,1-4H3,(H,30,34)(H,31,35). The average Bonchev–Trinajstić information content (AvgIpc) is 3.23. The Labute approximate surface area is 227 Å². The molecule has 0 fully saturated rings. The number of rotatable bonds is 8. The first-order chi connectivity index (χ1) is 18.4. The van der Waals surface area contributed by atoms with Gasteiger partial charge in [0, 0.05) is 49.0 Å². The number of sulfonamides is 1. The summed E-state index contributed by atoms with van der Waals surface area (Å²) < 4.78 is 34.5. The van der Waals surface area contributed by atoms with Crippen LogP contribution in [0.4, 0.5) is 10.5 Å². The summed E-state index contributed by atoms with van der Waals surface area (Å²) in [5, 5.41) is 5.82. The Morgan fingerprint density at radius 1 is 0.949 bits per heavy atom. The van der Waals surface area contributed by atoms with Crippen LogP contribution in [-0.2, 0) is 20.2 Å². The number of nitrogens with one attached hydrogen (secondary N) is 4. The second kappa shape index (κ2) is 11.2. The molecule has 4 N–H and O–H groups in total. The summed E-state index contributed by atoms with van der Waals surface area (Å²) in [5.74, 6) is -0.0138. The van der Waals surface area contributed by atoms with Crippen molar-refractivity contribution in [1.82, 2.24) is 20.6 Å². The number of H-pyrrole nitrogens is 1. The van der Waals surface area contributed by atoms with Gasteiger partial charge in [-0.15, -0.1) is 0 Å². The van der Waals surface area contributed by atoms with Crippen molar-refractivity contribution in [2.75, 3.05) is 17.8 Å². The lowest BCUT2D eigenvalue weighted by Gasteiger charge is -2.19. The number of carbonyl (C=O) groups excluding carboxylic acids is 2. The summed E-state index contributed by atoms with van der Waals surface area (Å²) in [5.41, 5.74) is 3.21. The number of hydrogen-bond acceptors (Lipinski definition) is 6. The molecule has 0 aliphatic carbocycles. The van der Waals surface area contributed by atoms with Crippen LogP contribution in [0, 0.1) is 0 Å². The number of nitrogens with zero attached hydrogens (tertiary/aromatic N) is 1. The van der Waals surface area contributed by atoms with Crippen LogP contribution in [0.2, 0.25) is 0 Å². The van der Waals surface area contributed by atoms with Gasteiger partial charge in [0.05, 0.1) is 10.5 Å². The van der Waals surface area contributed by atoms with Gasteiger partial charge in [0.25, 0.3) is 10.0 Å². The molecule has 0 aliphatic rings. The molecular weight excluding hydrogens is 518 g/mol. The zero-order valence-electron chi connectivity index (χ0n) is 22.2. The van der Waals surface area contributed by atoms with Crippen LogP contribution in [0.25, 0.3) is 22.0 Å². The van der Waals surface area contributed by atoms with E-state index in [1.165, 1.54) is 6.92 Å². The van der Waals surface area contributed by atoms with Crippen molar-refractivity contribution in [1.29, 1.82) is 0 Å². The van der Waals surface area contributed by atoms with Crippen LogP contribution in [0.1, 0.15) is 33.3 Å². The Kier molecular flexibility index (Phi) is 7.91. The van der Waals surface area contributed by atoms with E-state index in [0.717, 1.165) is 11.1 Å². The number of amides is 2. The fraction of sp³-hybridized carbons (Fsp3) is 0.250. The van der Waals surface area contributed by atoms with Gasteiger partial charge in [0.1, 0.15) is 0 Å². The minimum Gasteiger partial charge on any atom is -0.393 e. The Morgan fingerprint density at radius 3 is 2.26 bits per heavy atom.